The van der Waals surface area contributed by atoms with Gasteiger partial charge < -0.3 is 9.80 Å². The highest BCUT2D eigenvalue weighted by atomic mass is 32.1. The fourth-order valence-corrected chi connectivity index (χ4v) is 2.99. The van der Waals surface area contributed by atoms with Crippen LogP contribution in [0.2, 0.25) is 0 Å². The molecule has 1 fully saturated rings. The third kappa shape index (κ3) is 2.87. The minimum atomic E-state index is 0.0990. The third-order valence-electron chi connectivity index (χ3n) is 3.56. The molecule has 0 aliphatic carbocycles. The molecule has 1 aromatic rings. The van der Waals surface area contributed by atoms with Gasteiger partial charge in [0.15, 0.2) is 0 Å². The van der Waals surface area contributed by atoms with E-state index in [9.17, 15) is 4.79 Å². The summed E-state index contributed by atoms with van der Waals surface area (Å²) in [5.74, 6) is 0.0990. The maximum absolute atomic E-state index is 12.4. The molecule has 6 heteroatoms. The zero-order valence-corrected chi connectivity index (χ0v) is 12.0. The summed E-state index contributed by atoms with van der Waals surface area (Å²) in [6.45, 7) is 3.52. The maximum Gasteiger partial charge on any atom is 0.267 e. The van der Waals surface area contributed by atoms with Gasteiger partial charge in [-0.25, -0.2) is 0 Å². The lowest BCUT2D eigenvalue weighted by Crippen LogP contribution is -2.33. The largest absolute Gasteiger partial charge is 0.338 e. The van der Waals surface area contributed by atoms with E-state index >= 15 is 0 Å². The number of aromatic nitrogens is 2. The highest BCUT2D eigenvalue weighted by Crippen LogP contribution is 2.19. The van der Waals surface area contributed by atoms with Crippen LogP contribution < -0.4 is 0 Å². The van der Waals surface area contributed by atoms with Crippen molar-refractivity contribution in [2.75, 3.05) is 27.2 Å². The lowest BCUT2D eigenvalue weighted by Gasteiger charge is -2.23. The first-order chi connectivity index (χ1) is 8.59. The van der Waals surface area contributed by atoms with Crippen molar-refractivity contribution in [2.24, 2.45) is 0 Å². The molecule has 1 aromatic heterocycles. The molecule has 0 saturated carbocycles. The molecule has 1 aliphatic heterocycles. The van der Waals surface area contributed by atoms with E-state index in [4.69, 9.17) is 0 Å². The summed E-state index contributed by atoms with van der Waals surface area (Å²) in [4.78, 5) is 17.3. The molecule has 2 heterocycles. The number of nitrogens with zero attached hydrogens (tertiary/aromatic N) is 4. The summed E-state index contributed by atoms with van der Waals surface area (Å²) in [5.41, 5.74) is 0.749. The number of rotatable bonds is 2. The summed E-state index contributed by atoms with van der Waals surface area (Å²) in [5, 5.41) is 3.91. The van der Waals surface area contributed by atoms with Crippen LogP contribution in [0.3, 0.4) is 0 Å². The predicted molar refractivity (Wildman–Crippen MR) is 71.9 cm³/mol. The van der Waals surface area contributed by atoms with E-state index in [-0.39, 0.29) is 5.91 Å². The van der Waals surface area contributed by atoms with E-state index in [1.807, 2.05) is 11.8 Å². The van der Waals surface area contributed by atoms with Crippen LogP contribution in [0.15, 0.2) is 0 Å². The number of hydrogen-bond donors (Lipinski definition) is 0. The van der Waals surface area contributed by atoms with E-state index in [2.05, 4.69) is 28.6 Å². The average molecular weight is 268 g/mol. The van der Waals surface area contributed by atoms with Crippen molar-refractivity contribution >= 4 is 17.4 Å². The van der Waals surface area contributed by atoms with Gasteiger partial charge in [0.1, 0.15) is 4.88 Å². The van der Waals surface area contributed by atoms with Crippen LogP contribution in [0.4, 0.5) is 0 Å². The number of carbonyl (C=O) groups excluding carboxylic acids is 1. The molecule has 1 saturated heterocycles. The number of likely N-dealkylation sites (tertiary alicyclic amines) is 1. The van der Waals surface area contributed by atoms with Gasteiger partial charge in [-0.1, -0.05) is 4.49 Å². The van der Waals surface area contributed by atoms with Gasteiger partial charge in [0, 0.05) is 19.1 Å². The summed E-state index contributed by atoms with van der Waals surface area (Å²) in [6, 6.07) is 0.587. The van der Waals surface area contributed by atoms with E-state index < -0.39 is 0 Å². The van der Waals surface area contributed by atoms with Gasteiger partial charge >= 0.3 is 0 Å². The van der Waals surface area contributed by atoms with Crippen molar-refractivity contribution in [3.8, 4) is 0 Å². The van der Waals surface area contributed by atoms with Crippen molar-refractivity contribution in [1.82, 2.24) is 19.4 Å². The average Bonchev–Trinajstić information content (AvgIpc) is 2.63. The van der Waals surface area contributed by atoms with Crippen LogP contribution >= 0.6 is 11.5 Å². The lowest BCUT2D eigenvalue weighted by molar-refractivity contribution is 0.0762. The van der Waals surface area contributed by atoms with E-state index in [0.717, 1.165) is 38.0 Å². The first kappa shape index (κ1) is 13.4. The molecule has 18 heavy (non-hydrogen) atoms. The normalized spacial score (nSPS) is 21.1. The van der Waals surface area contributed by atoms with E-state index in [0.29, 0.717) is 10.9 Å². The Morgan fingerprint density at radius 1 is 1.39 bits per heavy atom. The first-order valence-electron chi connectivity index (χ1n) is 6.34. The second-order valence-electron chi connectivity index (χ2n) is 5.03. The standard InChI is InChI=1S/C12H20N4OS/c1-9-11(18-14-13-9)12(17)16-7-4-5-10(6-8-16)15(2)3/h10H,4-8H2,1-3H3. The summed E-state index contributed by atoms with van der Waals surface area (Å²) in [7, 11) is 4.22. The van der Waals surface area contributed by atoms with Gasteiger partial charge in [0.25, 0.3) is 5.91 Å². The van der Waals surface area contributed by atoms with Crippen molar-refractivity contribution in [3.05, 3.63) is 10.6 Å². The molecule has 2 rings (SSSR count). The highest BCUT2D eigenvalue weighted by Gasteiger charge is 2.24. The van der Waals surface area contributed by atoms with Crippen LogP contribution in [0, 0.1) is 6.92 Å². The zero-order chi connectivity index (χ0) is 13.1. The van der Waals surface area contributed by atoms with Gasteiger partial charge in [-0.15, -0.1) is 5.10 Å². The van der Waals surface area contributed by atoms with Crippen LogP contribution in [-0.4, -0.2) is 58.5 Å². The SMILES string of the molecule is Cc1nnsc1C(=O)N1CCCC(N(C)C)CC1. The summed E-state index contributed by atoms with van der Waals surface area (Å²) in [6.07, 6.45) is 3.28. The van der Waals surface area contributed by atoms with Gasteiger partial charge in [-0.3, -0.25) is 4.79 Å². The molecular weight excluding hydrogens is 248 g/mol. The molecule has 0 bridgehead atoms. The quantitative estimate of drug-likeness (QED) is 0.813. The Labute approximate surface area is 112 Å². The molecule has 1 atom stereocenters. The van der Waals surface area contributed by atoms with Crippen molar-refractivity contribution in [2.45, 2.75) is 32.2 Å². The molecule has 0 radical (unpaired) electrons. The Kier molecular flexibility index (Phi) is 4.29. The van der Waals surface area contributed by atoms with Crippen LogP contribution in [-0.2, 0) is 0 Å². The Hall–Kier alpha value is -1.01. The molecule has 0 aromatic carbocycles. The lowest BCUT2D eigenvalue weighted by atomic mass is 10.1. The van der Waals surface area contributed by atoms with Gasteiger partial charge in [-0.05, 0) is 51.8 Å². The van der Waals surface area contributed by atoms with Gasteiger partial charge in [0.2, 0.25) is 0 Å². The summed E-state index contributed by atoms with van der Waals surface area (Å²) < 4.78 is 3.84. The number of carbonyl (C=O) groups is 1. The van der Waals surface area contributed by atoms with E-state index in [1.54, 1.807) is 0 Å². The number of hydrogen-bond acceptors (Lipinski definition) is 5. The van der Waals surface area contributed by atoms with Crippen molar-refractivity contribution in [3.63, 3.8) is 0 Å². The molecule has 1 aliphatic rings. The minimum absolute atomic E-state index is 0.0990. The molecule has 1 amide bonds. The predicted octanol–water partition coefficient (Wildman–Crippen LogP) is 1.40. The van der Waals surface area contributed by atoms with E-state index in [1.165, 1.54) is 11.5 Å². The maximum atomic E-state index is 12.4. The third-order valence-corrected chi connectivity index (χ3v) is 4.38. The Morgan fingerprint density at radius 2 is 2.17 bits per heavy atom. The monoisotopic (exact) mass is 268 g/mol. The minimum Gasteiger partial charge on any atom is -0.338 e. The number of amides is 1. The molecule has 0 N–H and O–H groups in total. The first-order valence-corrected chi connectivity index (χ1v) is 7.11. The summed E-state index contributed by atoms with van der Waals surface area (Å²) >= 11 is 1.20. The molecule has 1 unspecified atom stereocenters. The number of aryl methyl sites for hydroxylation is 1. The molecule has 0 spiro atoms. The zero-order valence-electron chi connectivity index (χ0n) is 11.2. The Morgan fingerprint density at radius 3 is 2.78 bits per heavy atom. The van der Waals surface area contributed by atoms with Crippen LogP contribution in [0.5, 0.6) is 0 Å². The second kappa shape index (κ2) is 5.75. The fraction of sp³-hybridized carbons (Fsp3) is 0.750. The Balaban J connectivity index is 2.02. The molecule has 100 valence electrons. The highest BCUT2D eigenvalue weighted by molar-refractivity contribution is 7.07. The van der Waals surface area contributed by atoms with Crippen LogP contribution in [0.1, 0.15) is 34.6 Å². The van der Waals surface area contributed by atoms with Crippen molar-refractivity contribution < 1.29 is 4.79 Å². The topological polar surface area (TPSA) is 49.3 Å². The molecule has 5 nitrogen and oxygen atoms in total. The van der Waals surface area contributed by atoms with Crippen LogP contribution in [0.25, 0.3) is 0 Å². The second-order valence-corrected chi connectivity index (χ2v) is 5.78. The van der Waals surface area contributed by atoms with Crippen molar-refractivity contribution in [1.29, 1.82) is 0 Å². The Bertz CT molecular complexity index is 418. The van der Waals surface area contributed by atoms with Gasteiger partial charge in [0.05, 0.1) is 5.69 Å². The van der Waals surface area contributed by atoms with Gasteiger partial charge in [-0.2, -0.15) is 0 Å². The smallest absolute Gasteiger partial charge is 0.267 e. The molecular formula is C12H20N4OS. The fourth-order valence-electron chi connectivity index (χ4n) is 2.37.